The molecule has 1 fully saturated rings. The molecule has 4 heterocycles. The quantitative estimate of drug-likeness (QED) is 0.472. The number of hydrogen-bond acceptors (Lipinski definition) is 9. The van der Waals surface area contributed by atoms with Crippen LogP contribution in [0.3, 0.4) is 0 Å². The van der Waals surface area contributed by atoms with Crippen LogP contribution in [-0.4, -0.2) is 103 Å². The lowest BCUT2D eigenvalue weighted by atomic mass is 10.0. The van der Waals surface area contributed by atoms with Gasteiger partial charge in [-0.05, 0) is 40.1 Å². The molecule has 0 radical (unpaired) electrons. The Labute approximate surface area is 218 Å². The van der Waals surface area contributed by atoms with Gasteiger partial charge in [-0.3, -0.25) is 9.69 Å². The third-order valence-electron chi connectivity index (χ3n) is 7.11. The Kier molecular flexibility index (Phi) is 6.03. The van der Waals surface area contributed by atoms with E-state index in [4.69, 9.17) is 4.99 Å². The number of benzene rings is 2. The number of carbonyl (C=O) groups is 2. The van der Waals surface area contributed by atoms with E-state index in [9.17, 15) is 9.59 Å². The average Bonchev–Trinajstić information content (AvgIpc) is 3.56. The van der Waals surface area contributed by atoms with E-state index < -0.39 is 12.2 Å². The maximum atomic E-state index is 13.3. The number of hydrogen-bond donors (Lipinski definition) is 0. The average molecular weight is 518 g/mol. The van der Waals surface area contributed by atoms with Gasteiger partial charge in [-0.2, -0.15) is 4.68 Å². The number of para-hydroxylation sites is 1. The van der Waals surface area contributed by atoms with Crippen LogP contribution in [0.15, 0.2) is 64.7 Å². The highest BCUT2D eigenvalue weighted by atomic mass is 32.2. The van der Waals surface area contributed by atoms with E-state index in [1.165, 1.54) is 34.8 Å². The van der Waals surface area contributed by atoms with Crippen molar-refractivity contribution >= 4 is 29.7 Å². The zero-order valence-corrected chi connectivity index (χ0v) is 21.5. The number of guanidine groups is 1. The molecule has 3 aliphatic rings. The molecule has 3 amide bonds. The minimum absolute atomic E-state index is 0.233. The van der Waals surface area contributed by atoms with E-state index >= 15 is 0 Å². The van der Waals surface area contributed by atoms with Crippen molar-refractivity contribution in [1.29, 1.82) is 0 Å². The van der Waals surface area contributed by atoms with Crippen LogP contribution in [0.2, 0.25) is 0 Å². The summed E-state index contributed by atoms with van der Waals surface area (Å²) in [6.45, 7) is 2.06. The zero-order valence-electron chi connectivity index (χ0n) is 20.6. The Morgan fingerprint density at radius 3 is 2.57 bits per heavy atom. The van der Waals surface area contributed by atoms with Gasteiger partial charge < -0.3 is 14.7 Å². The Hall–Kier alpha value is -3.93. The number of carbonyl (C=O) groups excluding carboxylic acids is 2. The molecular weight excluding hydrogens is 490 g/mol. The topological polar surface area (TPSA) is 103 Å². The van der Waals surface area contributed by atoms with Gasteiger partial charge in [0.2, 0.25) is 5.16 Å². The van der Waals surface area contributed by atoms with Crippen molar-refractivity contribution in [3.63, 3.8) is 0 Å². The largest absolute Gasteiger partial charge is 0.338 e. The molecule has 2 unspecified atom stereocenters. The van der Waals surface area contributed by atoms with Crippen LogP contribution < -0.4 is 0 Å². The molecule has 1 saturated heterocycles. The molecule has 2 atom stereocenters. The zero-order chi connectivity index (χ0) is 25.5. The first kappa shape index (κ1) is 23.5. The summed E-state index contributed by atoms with van der Waals surface area (Å²) in [4.78, 5) is 38.0. The number of tetrazole rings is 1. The first-order valence-electron chi connectivity index (χ1n) is 12.2. The van der Waals surface area contributed by atoms with Gasteiger partial charge in [0.25, 0.3) is 5.91 Å². The molecule has 11 nitrogen and oxygen atoms in total. The maximum absolute atomic E-state index is 13.3. The summed E-state index contributed by atoms with van der Waals surface area (Å²) in [6.07, 6.45) is 0.352. The number of thioether (sulfide) groups is 1. The Morgan fingerprint density at radius 1 is 1.00 bits per heavy atom. The summed E-state index contributed by atoms with van der Waals surface area (Å²) in [7, 11) is 3.25. The van der Waals surface area contributed by atoms with Gasteiger partial charge in [0.1, 0.15) is 0 Å². The van der Waals surface area contributed by atoms with E-state index in [0.717, 1.165) is 24.6 Å². The summed E-state index contributed by atoms with van der Waals surface area (Å²) in [5.41, 5.74) is 3.48. The number of fused-ring (bicyclic) bond motifs is 2. The summed E-state index contributed by atoms with van der Waals surface area (Å²) >= 11 is 1.52. The van der Waals surface area contributed by atoms with Crippen molar-refractivity contribution in [2.75, 3.05) is 32.9 Å². The molecule has 0 aliphatic carbocycles. The van der Waals surface area contributed by atoms with Gasteiger partial charge in [-0.1, -0.05) is 54.2 Å². The number of nitrogens with zero attached hydrogens (tertiary/aromatic N) is 9. The fourth-order valence-corrected chi connectivity index (χ4v) is 5.98. The maximum Gasteiger partial charge on any atom is 0.328 e. The molecule has 12 heteroatoms. The Bertz CT molecular complexity index is 1360. The lowest BCUT2D eigenvalue weighted by Gasteiger charge is -2.41. The number of imide groups is 1. The standard InChI is InChI=1S/C25H27N9O2S/c1-30-21-20(22(35)31(2)25(30)36)33(23(26-21)32-13-12-17-8-6-7-9-18(17)16-32)14-15-37-24-27-28-29-34(24)19-10-4-3-5-11-19/h3-11,20-21H,12-16H2,1-2H3. The summed E-state index contributed by atoms with van der Waals surface area (Å²) in [6, 6.07) is 17.3. The molecule has 0 saturated carbocycles. The van der Waals surface area contributed by atoms with Crippen LogP contribution in [0.5, 0.6) is 0 Å². The molecular formula is C25H27N9O2S. The van der Waals surface area contributed by atoms with Crippen molar-refractivity contribution in [2.24, 2.45) is 4.99 Å². The second-order valence-electron chi connectivity index (χ2n) is 9.27. The minimum Gasteiger partial charge on any atom is -0.338 e. The normalized spacial score (nSPS) is 21.3. The van der Waals surface area contributed by atoms with Gasteiger partial charge in [-0.25, -0.2) is 9.79 Å². The van der Waals surface area contributed by atoms with Crippen LogP contribution >= 0.6 is 11.8 Å². The van der Waals surface area contributed by atoms with E-state index in [1.54, 1.807) is 16.6 Å². The van der Waals surface area contributed by atoms with Crippen LogP contribution in [-0.2, 0) is 17.8 Å². The first-order chi connectivity index (χ1) is 18.0. The molecule has 6 rings (SSSR count). The van der Waals surface area contributed by atoms with Crippen LogP contribution in [0.4, 0.5) is 4.79 Å². The molecule has 37 heavy (non-hydrogen) atoms. The number of aromatic nitrogens is 4. The monoisotopic (exact) mass is 517 g/mol. The molecule has 2 aromatic carbocycles. The summed E-state index contributed by atoms with van der Waals surface area (Å²) < 4.78 is 1.71. The SMILES string of the molecule is CN1C(=O)C2C(N=C(N3CCc4ccccc4C3)N2CCSc2nnnn2-c2ccccc2)N(C)C1=O. The highest BCUT2D eigenvalue weighted by Gasteiger charge is 2.52. The van der Waals surface area contributed by atoms with Gasteiger partial charge in [-0.15, -0.1) is 5.10 Å². The van der Waals surface area contributed by atoms with E-state index in [0.29, 0.717) is 24.0 Å². The number of aliphatic imine (C=N–C) groups is 1. The van der Waals surface area contributed by atoms with Crippen molar-refractivity contribution in [3.8, 4) is 5.69 Å². The van der Waals surface area contributed by atoms with Crippen LogP contribution in [0.1, 0.15) is 11.1 Å². The lowest BCUT2D eigenvalue weighted by Crippen LogP contribution is -2.64. The van der Waals surface area contributed by atoms with Crippen molar-refractivity contribution in [3.05, 3.63) is 65.7 Å². The van der Waals surface area contributed by atoms with Crippen molar-refractivity contribution < 1.29 is 9.59 Å². The van der Waals surface area contributed by atoms with Gasteiger partial charge in [0.05, 0.1) is 5.69 Å². The van der Waals surface area contributed by atoms with Gasteiger partial charge in [0.15, 0.2) is 18.2 Å². The summed E-state index contributed by atoms with van der Waals surface area (Å²) in [5, 5.41) is 12.9. The third kappa shape index (κ3) is 4.10. The second-order valence-corrected chi connectivity index (χ2v) is 10.3. The highest BCUT2D eigenvalue weighted by molar-refractivity contribution is 7.99. The van der Waals surface area contributed by atoms with Crippen LogP contribution in [0.25, 0.3) is 5.69 Å². The number of urea groups is 1. The van der Waals surface area contributed by atoms with E-state index in [-0.39, 0.29) is 11.9 Å². The van der Waals surface area contributed by atoms with E-state index in [2.05, 4.69) is 49.6 Å². The number of likely N-dealkylation sites (N-methyl/N-ethyl adjacent to an activating group) is 2. The Morgan fingerprint density at radius 2 is 1.76 bits per heavy atom. The molecule has 0 bridgehead atoms. The molecule has 3 aromatic rings. The second kappa shape index (κ2) is 9.51. The molecule has 1 aromatic heterocycles. The predicted octanol–water partition coefficient (Wildman–Crippen LogP) is 1.70. The molecule has 0 N–H and O–H groups in total. The van der Waals surface area contributed by atoms with Crippen molar-refractivity contribution in [1.82, 2.24) is 39.8 Å². The fourth-order valence-electron chi connectivity index (χ4n) is 5.15. The Balaban J connectivity index is 1.25. The van der Waals surface area contributed by atoms with Gasteiger partial charge >= 0.3 is 6.03 Å². The molecule has 3 aliphatic heterocycles. The molecule has 0 spiro atoms. The predicted molar refractivity (Wildman–Crippen MR) is 138 cm³/mol. The highest BCUT2D eigenvalue weighted by Crippen LogP contribution is 2.31. The summed E-state index contributed by atoms with van der Waals surface area (Å²) in [5.74, 6) is 1.16. The molecule has 190 valence electrons. The van der Waals surface area contributed by atoms with Crippen LogP contribution in [0, 0.1) is 0 Å². The number of rotatable bonds is 5. The third-order valence-corrected chi connectivity index (χ3v) is 8.01. The van der Waals surface area contributed by atoms with Gasteiger partial charge in [0, 0.05) is 39.5 Å². The van der Waals surface area contributed by atoms with Crippen molar-refractivity contribution in [2.45, 2.75) is 30.3 Å². The first-order valence-corrected chi connectivity index (χ1v) is 13.2. The van der Waals surface area contributed by atoms with E-state index in [1.807, 2.05) is 30.3 Å². The smallest absolute Gasteiger partial charge is 0.328 e. The minimum atomic E-state index is -0.564. The fraction of sp³-hybridized carbons (Fsp3) is 0.360. The lowest BCUT2D eigenvalue weighted by molar-refractivity contribution is -0.136. The number of amides is 3.